The molecule has 2 heterocycles. The number of hydrogen-bond acceptors (Lipinski definition) is 3. The Kier molecular flexibility index (Phi) is 3.71. The highest BCUT2D eigenvalue weighted by Gasteiger charge is 2.37. The summed E-state index contributed by atoms with van der Waals surface area (Å²) in [4.78, 5) is 12.4. The van der Waals surface area contributed by atoms with Crippen LogP contribution in [0.5, 0.6) is 0 Å². The average Bonchev–Trinajstić information content (AvgIpc) is 2.76. The second kappa shape index (κ2) is 5.10. The van der Waals surface area contributed by atoms with Gasteiger partial charge >= 0.3 is 0 Å². The lowest BCUT2D eigenvalue weighted by molar-refractivity contribution is -0.127. The third-order valence-electron chi connectivity index (χ3n) is 3.86. The maximum absolute atomic E-state index is 12.4. The summed E-state index contributed by atoms with van der Waals surface area (Å²) in [5.41, 5.74) is -0.370. The standard InChI is InChI=1S/C13H22N4O/c1-13(2,10-5-4-7-14-9-10)12(18)15-11-6-8-17(3)16-11/h6,8,10,14H,4-5,7,9H2,1-3H3,(H,15,16,18). The van der Waals surface area contributed by atoms with Crippen molar-refractivity contribution >= 4 is 11.7 Å². The van der Waals surface area contributed by atoms with Crippen LogP contribution < -0.4 is 10.6 Å². The summed E-state index contributed by atoms with van der Waals surface area (Å²) in [6, 6.07) is 1.81. The van der Waals surface area contributed by atoms with Gasteiger partial charge in [0.15, 0.2) is 5.82 Å². The van der Waals surface area contributed by atoms with E-state index >= 15 is 0 Å². The zero-order valence-corrected chi connectivity index (χ0v) is 11.4. The molecule has 0 aromatic carbocycles. The summed E-state index contributed by atoms with van der Waals surface area (Å²) in [6.45, 7) is 6.02. The number of amides is 1. The van der Waals surface area contributed by atoms with Gasteiger partial charge in [0.2, 0.25) is 5.91 Å². The Morgan fingerprint density at radius 2 is 2.39 bits per heavy atom. The van der Waals surface area contributed by atoms with E-state index in [-0.39, 0.29) is 11.3 Å². The molecule has 1 aromatic rings. The fourth-order valence-corrected chi connectivity index (χ4v) is 2.41. The molecule has 0 radical (unpaired) electrons. The van der Waals surface area contributed by atoms with Gasteiger partial charge in [-0.2, -0.15) is 5.10 Å². The van der Waals surface area contributed by atoms with E-state index in [9.17, 15) is 4.79 Å². The van der Waals surface area contributed by atoms with Crippen molar-refractivity contribution in [3.63, 3.8) is 0 Å². The van der Waals surface area contributed by atoms with Crippen molar-refractivity contribution in [2.45, 2.75) is 26.7 Å². The Balaban J connectivity index is 2.02. The van der Waals surface area contributed by atoms with Crippen molar-refractivity contribution in [3.05, 3.63) is 12.3 Å². The van der Waals surface area contributed by atoms with Crippen molar-refractivity contribution < 1.29 is 4.79 Å². The molecule has 0 bridgehead atoms. The van der Waals surface area contributed by atoms with Gasteiger partial charge in [-0.05, 0) is 31.8 Å². The highest BCUT2D eigenvalue weighted by molar-refractivity contribution is 5.94. The van der Waals surface area contributed by atoms with Gasteiger partial charge in [-0.3, -0.25) is 9.48 Å². The van der Waals surface area contributed by atoms with Gasteiger partial charge in [0.1, 0.15) is 0 Å². The molecule has 1 aromatic heterocycles. The number of nitrogens with zero attached hydrogens (tertiary/aromatic N) is 2. The Bertz CT molecular complexity index is 418. The van der Waals surface area contributed by atoms with E-state index in [4.69, 9.17) is 0 Å². The molecular weight excluding hydrogens is 228 g/mol. The van der Waals surface area contributed by atoms with Gasteiger partial charge in [-0.25, -0.2) is 0 Å². The lowest BCUT2D eigenvalue weighted by Gasteiger charge is -2.35. The third kappa shape index (κ3) is 2.72. The van der Waals surface area contributed by atoms with E-state index in [2.05, 4.69) is 15.7 Å². The number of hydrogen-bond donors (Lipinski definition) is 2. The smallest absolute Gasteiger partial charge is 0.231 e. The van der Waals surface area contributed by atoms with Gasteiger partial charge < -0.3 is 10.6 Å². The summed E-state index contributed by atoms with van der Waals surface area (Å²) < 4.78 is 1.69. The predicted octanol–water partition coefficient (Wildman–Crippen LogP) is 1.38. The summed E-state index contributed by atoms with van der Waals surface area (Å²) in [5, 5.41) is 10.4. The molecule has 2 rings (SSSR count). The summed E-state index contributed by atoms with van der Waals surface area (Å²) in [7, 11) is 1.84. The molecule has 1 atom stereocenters. The first-order valence-corrected chi connectivity index (χ1v) is 6.52. The van der Waals surface area contributed by atoms with Crippen LogP contribution in [0.4, 0.5) is 5.82 Å². The van der Waals surface area contributed by atoms with Crippen LogP contribution in [0.3, 0.4) is 0 Å². The molecular formula is C13H22N4O. The minimum Gasteiger partial charge on any atom is -0.316 e. The van der Waals surface area contributed by atoms with Crippen molar-refractivity contribution in [3.8, 4) is 0 Å². The van der Waals surface area contributed by atoms with E-state index in [0.717, 1.165) is 25.9 Å². The minimum absolute atomic E-state index is 0.0508. The Labute approximate surface area is 108 Å². The van der Waals surface area contributed by atoms with Gasteiger partial charge in [0.05, 0.1) is 0 Å². The van der Waals surface area contributed by atoms with Gasteiger partial charge in [0, 0.05) is 24.7 Å². The Morgan fingerprint density at radius 3 is 2.94 bits per heavy atom. The summed E-state index contributed by atoms with van der Waals surface area (Å²) in [5.74, 6) is 1.06. The molecule has 1 aliphatic rings. The fraction of sp³-hybridized carbons (Fsp3) is 0.692. The topological polar surface area (TPSA) is 59.0 Å². The third-order valence-corrected chi connectivity index (χ3v) is 3.86. The van der Waals surface area contributed by atoms with Crippen LogP contribution in [-0.2, 0) is 11.8 Å². The number of carbonyl (C=O) groups excluding carboxylic acids is 1. The van der Waals surface area contributed by atoms with Crippen LogP contribution in [0, 0.1) is 11.3 Å². The molecule has 1 aliphatic heterocycles. The lowest BCUT2D eigenvalue weighted by Crippen LogP contribution is -2.44. The van der Waals surface area contributed by atoms with Gasteiger partial charge in [0.25, 0.3) is 0 Å². The maximum atomic E-state index is 12.4. The number of nitrogens with one attached hydrogen (secondary N) is 2. The molecule has 18 heavy (non-hydrogen) atoms. The highest BCUT2D eigenvalue weighted by Crippen LogP contribution is 2.32. The van der Waals surface area contributed by atoms with Gasteiger partial charge in [-0.15, -0.1) is 0 Å². The fourth-order valence-electron chi connectivity index (χ4n) is 2.41. The number of rotatable bonds is 3. The molecule has 1 amide bonds. The zero-order valence-electron chi connectivity index (χ0n) is 11.4. The van der Waals surface area contributed by atoms with Crippen LogP contribution in [0.2, 0.25) is 0 Å². The van der Waals surface area contributed by atoms with E-state index in [1.165, 1.54) is 0 Å². The van der Waals surface area contributed by atoms with E-state index in [0.29, 0.717) is 11.7 Å². The SMILES string of the molecule is Cn1ccc(NC(=O)C(C)(C)C2CCCNC2)n1. The summed E-state index contributed by atoms with van der Waals surface area (Å²) in [6.07, 6.45) is 4.07. The quantitative estimate of drug-likeness (QED) is 0.852. The number of carbonyl (C=O) groups is 1. The van der Waals surface area contributed by atoms with Crippen molar-refractivity contribution in [2.24, 2.45) is 18.4 Å². The van der Waals surface area contributed by atoms with E-state index in [1.54, 1.807) is 4.68 Å². The van der Waals surface area contributed by atoms with Crippen molar-refractivity contribution in [2.75, 3.05) is 18.4 Å². The number of anilines is 1. The zero-order chi connectivity index (χ0) is 13.2. The van der Waals surface area contributed by atoms with Crippen LogP contribution in [0.1, 0.15) is 26.7 Å². The van der Waals surface area contributed by atoms with Crippen LogP contribution >= 0.6 is 0 Å². The van der Waals surface area contributed by atoms with Gasteiger partial charge in [-0.1, -0.05) is 13.8 Å². The number of aromatic nitrogens is 2. The Hall–Kier alpha value is -1.36. The monoisotopic (exact) mass is 250 g/mol. The maximum Gasteiger partial charge on any atom is 0.231 e. The van der Waals surface area contributed by atoms with E-state index in [1.807, 2.05) is 33.2 Å². The number of piperidine rings is 1. The van der Waals surface area contributed by atoms with Crippen molar-refractivity contribution in [1.82, 2.24) is 15.1 Å². The average molecular weight is 250 g/mol. The predicted molar refractivity (Wildman–Crippen MR) is 71.2 cm³/mol. The van der Waals surface area contributed by atoms with Crippen LogP contribution in [0.15, 0.2) is 12.3 Å². The normalized spacial score (nSPS) is 20.7. The highest BCUT2D eigenvalue weighted by atomic mass is 16.2. The largest absolute Gasteiger partial charge is 0.316 e. The minimum atomic E-state index is -0.370. The first-order valence-electron chi connectivity index (χ1n) is 6.52. The van der Waals surface area contributed by atoms with Crippen LogP contribution in [-0.4, -0.2) is 28.8 Å². The molecule has 2 N–H and O–H groups in total. The first-order chi connectivity index (χ1) is 8.50. The van der Waals surface area contributed by atoms with Crippen LogP contribution in [0.25, 0.3) is 0 Å². The molecule has 5 nitrogen and oxygen atoms in total. The Morgan fingerprint density at radius 1 is 1.61 bits per heavy atom. The first kappa shape index (κ1) is 13.1. The second-order valence-electron chi connectivity index (χ2n) is 5.59. The molecule has 0 saturated carbocycles. The second-order valence-corrected chi connectivity index (χ2v) is 5.59. The number of aryl methyl sites for hydroxylation is 1. The molecule has 100 valence electrons. The van der Waals surface area contributed by atoms with E-state index < -0.39 is 0 Å². The molecule has 5 heteroatoms. The summed E-state index contributed by atoms with van der Waals surface area (Å²) >= 11 is 0. The molecule has 1 fully saturated rings. The molecule has 0 aliphatic carbocycles. The molecule has 1 saturated heterocycles. The molecule has 1 unspecified atom stereocenters. The molecule has 0 spiro atoms. The lowest BCUT2D eigenvalue weighted by atomic mass is 9.74. The van der Waals surface area contributed by atoms with Crippen molar-refractivity contribution in [1.29, 1.82) is 0 Å².